The zero-order valence-corrected chi connectivity index (χ0v) is 9.14. The van der Waals surface area contributed by atoms with Gasteiger partial charge in [-0.2, -0.15) is 0 Å². The molecule has 2 nitrogen and oxygen atoms in total. The van der Waals surface area contributed by atoms with Gasteiger partial charge in [0.15, 0.2) is 0 Å². The number of ether oxygens (including phenoxy) is 1. The molecular weight excluding hydrogens is 200 g/mol. The molecule has 0 atom stereocenters. The van der Waals surface area contributed by atoms with E-state index >= 15 is 0 Å². The molecule has 0 aliphatic heterocycles. The number of hydrogen-bond donors (Lipinski definition) is 0. The standard InChI is InChI=1S/C14H13O2/c1-16-14(15)13-9-5-4-8-12(13)10-11-6-2-3-7-11/h2-9H,10H2,1H3. The second kappa shape index (κ2) is 5.15. The van der Waals surface area contributed by atoms with Crippen molar-refractivity contribution in [2.24, 2.45) is 0 Å². The van der Waals surface area contributed by atoms with Crippen molar-refractivity contribution >= 4 is 5.97 Å². The predicted molar refractivity (Wildman–Crippen MR) is 61.9 cm³/mol. The second-order valence-electron chi connectivity index (χ2n) is 3.62. The van der Waals surface area contributed by atoms with Gasteiger partial charge >= 0.3 is 5.97 Å². The van der Waals surface area contributed by atoms with E-state index in [1.807, 2.05) is 43.9 Å². The maximum absolute atomic E-state index is 11.5. The van der Waals surface area contributed by atoms with Gasteiger partial charge in [-0.05, 0) is 49.7 Å². The van der Waals surface area contributed by atoms with Gasteiger partial charge in [0.2, 0.25) is 0 Å². The quantitative estimate of drug-likeness (QED) is 0.721. The molecule has 0 spiro atoms. The zero-order chi connectivity index (χ0) is 11.4. The Morgan fingerprint density at radius 1 is 1.19 bits per heavy atom. The lowest BCUT2D eigenvalue weighted by Gasteiger charge is -2.11. The molecule has 1 fully saturated rings. The van der Waals surface area contributed by atoms with E-state index in [4.69, 9.17) is 4.74 Å². The molecule has 1 aliphatic carbocycles. The van der Waals surface area contributed by atoms with Crippen LogP contribution < -0.4 is 0 Å². The molecule has 1 saturated carbocycles. The van der Waals surface area contributed by atoms with Crippen molar-refractivity contribution in [3.63, 3.8) is 0 Å². The largest absolute Gasteiger partial charge is 0.465 e. The maximum atomic E-state index is 11.5. The van der Waals surface area contributed by atoms with E-state index in [0.29, 0.717) is 5.56 Å². The highest BCUT2D eigenvalue weighted by Crippen LogP contribution is 2.27. The van der Waals surface area contributed by atoms with E-state index in [0.717, 1.165) is 12.0 Å². The number of benzene rings is 1. The number of hydrogen-bond acceptors (Lipinski definition) is 2. The molecule has 5 radical (unpaired) electrons. The molecule has 0 amide bonds. The highest BCUT2D eigenvalue weighted by molar-refractivity contribution is 5.91. The first-order valence-corrected chi connectivity index (χ1v) is 5.18. The van der Waals surface area contributed by atoms with Crippen LogP contribution in [-0.4, -0.2) is 13.1 Å². The summed E-state index contributed by atoms with van der Waals surface area (Å²) in [6.07, 6.45) is 8.85. The number of methoxy groups -OCH3 is 1. The van der Waals surface area contributed by atoms with E-state index < -0.39 is 0 Å². The summed E-state index contributed by atoms with van der Waals surface area (Å²) in [5.74, 6) is 0.929. The first-order chi connectivity index (χ1) is 7.81. The molecule has 81 valence electrons. The molecule has 0 heterocycles. The van der Waals surface area contributed by atoms with E-state index in [1.165, 1.54) is 13.0 Å². The average Bonchev–Trinajstić information content (AvgIpc) is 2.82. The second-order valence-corrected chi connectivity index (χ2v) is 3.62. The lowest BCUT2D eigenvalue weighted by molar-refractivity contribution is 0.0599. The Hall–Kier alpha value is -1.31. The minimum absolute atomic E-state index is 0.276. The van der Waals surface area contributed by atoms with Crippen LogP contribution in [0.3, 0.4) is 0 Å². The SMILES string of the molecule is COC(=O)c1ccccc1C[C]1[CH][CH][CH][CH]1. The van der Waals surface area contributed by atoms with Gasteiger partial charge in [0.05, 0.1) is 12.7 Å². The van der Waals surface area contributed by atoms with Crippen LogP contribution in [0, 0.1) is 31.6 Å². The minimum Gasteiger partial charge on any atom is -0.465 e. The summed E-state index contributed by atoms with van der Waals surface area (Å²) in [6.45, 7) is 0. The fourth-order valence-electron chi connectivity index (χ4n) is 1.74. The molecule has 0 aromatic heterocycles. The van der Waals surface area contributed by atoms with Crippen LogP contribution in [0.15, 0.2) is 24.3 Å². The lowest BCUT2D eigenvalue weighted by Crippen LogP contribution is -2.08. The first kappa shape index (κ1) is 11.2. The topological polar surface area (TPSA) is 26.3 Å². The maximum Gasteiger partial charge on any atom is 0.338 e. The van der Waals surface area contributed by atoms with E-state index in [-0.39, 0.29) is 5.97 Å². The molecule has 0 bridgehead atoms. The molecule has 1 aliphatic rings. The Labute approximate surface area is 96.6 Å². The molecule has 0 saturated heterocycles. The van der Waals surface area contributed by atoms with Crippen molar-refractivity contribution in [3.05, 3.63) is 67.0 Å². The molecule has 0 unspecified atom stereocenters. The average molecular weight is 213 g/mol. The Balaban J connectivity index is 2.15. The van der Waals surface area contributed by atoms with Gasteiger partial charge in [0, 0.05) is 0 Å². The van der Waals surface area contributed by atoms with Crippen molar-refractivity contribution in [2.45, 2.75) is 6.42 Å². The van der Waals surface area contributed by atoms with Gasteiger partial charge in [0.1, 0.15) is 0 Å². The lowest BCUT2D eigenvalue weighted by atomic mass is 9.94. The molecule has 16 heavy (non-hydrogen) atoms. The van der Waals surface area contributed by atoms with Crippen LogP contribution in [0.25, 0.3) is 0 Å². The Kier molecular flexibility index (Phi) is 3.60. The van der Waals surface area contributed by atoms with Gasteiger partial charge in [-0.3, -0.25) is 0 Å². The summed E-state index contributed by atoms with van der Waals surface area (Å²) in [4.78, 5) is 11.5. The Morgan fingerprint density at radius 3 is 2.56 bits per heavy atom. The normalized spacial score (nSPS) is 16.3. The van der Waals surface area contributed by atoms with Gasteiger partial charge in [0.25, 0.3) is 0 Å². The summed E-state index contributed by atoms with van der Waals surface area (Å²) in [7, 11) is 1.40. The molecule has 0 N–H and O–H groups in total. The van der Waals surface area contributed by atoms with Gasteiger partial charge in [-0.15, -0.1) is 0 Å². The number of rotatable bonds is 3. The number of carbonyl (C=O) groups is 1. The third-order valence-corrected chi connectivity index (χ3v) is 2.55. The van der Waals surface area contributed by atoms with Gasteiger partial charge in [-0.25, -0.2) is 4.79 Å². The van der Waals surface area contributed by atoms with Crippen LogP contribution >= 0.6 is 0 Å². The van der Waals surface area contributed by atoms with E-state index in [2.05, 4.69) is 0 Å². The third kappa shape index (κ3) is 2.43. The van der Waals surface area contributed by atoms with Crippen molar-refractivity contribution < 1.29 is 9.53 Å². The van der Waals surface area contributed by atoms with E-state index in [9.17, 15) is 4.79 Å². The predicted octanol–water partition coefficient (Wildman–Crippen LogP) is 2.42. The van der Waals surface area contributed by atoms with Crippen LogP contribution in [0.1, 0.15) is 15.9 Å². The first-order valence-electron chi connectivity index (χ1n) is 5.18. The molecule has 2 heteroatoms. The molecule has 2 rings (SSSR count). The van der Waals surface area contributed by atoms with Crippen molar-refractivity contribution in [1.29, 1.82) is 0 Å². The molecule has 1 aromatic rings. The summed E-state index contributed by atoms with van der Waals surface area (Å²) in [5, 5.41) is 0. The van der Waals surface area contributed by atoms with Gasteiger partial charge < -0.3 is 4.74 Å². The minimum atomic E-state index is -0.276. The van der Waals surface area contributed by atoms with Crippen LogP contribution in [-0.2, 0) is 11.2 Å². The molecule has 1 aromatic carbocycles. The Bertz CT molecular complexity index is 365. The zero-order valence-electron chi connectivity index (χ0n) is 9.14. The number of esters is 1. The number of carbonyl (C=O) groups excluding carboxylic acids is 1. The fraction of sp³-hybridized carbons (Fsp3) is 0.143. The summed E-state index contributed by atoms with van der Waals surface area (Å²) < 4.78 is 4.76. The van der Waals surface area contributed by atoms with Crippen LogP contribution in [0.5, 0.6) is 0 Å². The summed E-state index contributed by atoms with van der Waals surface area (Å²) in [6, 6.07) is 7.54. The third-order valence-electron chi connectivity index (χ3n) is 2.55. The van der Waals surface area contributed by atoms with Crippen LogP contribution in [0.2, 0.25) is 0 Å². The van der Waals surface area contributed by atoms with Gasteiger partial charge in [-0.1, -0.05) is 18.2 Å². The monoisotopic (exact) mass is 213 g/mol. The van der Waals surface area contributed by atoms with Crippen molar-refractivity contribution in [3.8, 4) is 0 Å². The van der Waals surface area contributed by atoms with Crippen LogP contribution in [0.4, 0.5) is 0 Å². The Morgan fingerprint density at radius 2 is 1.88 bits per heavy atom. The fourth-order valence-corrected chi connectivity index (χ4v) is 1.74. The molecular formula is C14H13O2. The van der Waals surface area contributed by atoms with Crippen molar-refractivity contribution in [1.82, 2.24) is 0 Å². The smallest absolute Gasteiger partial charge is 0.338 e. The summed E-state index contributed by atoms with van der Waals surface area (Å²) in [5.41, 5.74) is 1.65. The van der Waals surface area contributed by atoms with E-state index in [1.54, 1.807) is 6.07 Å². The highest BCUT2D eigenvalue weighted by atomic mass is 16.5. The highest BCUT2D eigenvalue weighted by Gasteiger charge is 2.20. The van der Waals surface area contributed by atoms with Crippen molar-refractivity contribution in [2.75, 3.05) is 7.11 Å². The summed E-state index contributed by atoms with van der Waals surface area (Å²) >= 11 is 0.